The van der Waals surface area contributed by atoms with Crippen molar-refractivity contribution in [2.45, 2.75) is 45.6 Å². The third kappa shape index (κ3) is 4.93. The number of rotatable bonds is 9. The van der Waals surface area contributed by atoms with Gasteiger partial charge in [0.1, 0.15) is 5.82 Å². The standard InChI is InChI=1S/C29H31N3O2/c1-3-21-31(27(33)20-19-22-13-7-5-8-14-22)26(4-2)28-30-25-18-12-11-17-24(25)29(34)32(28)23-15-9-6-10-16-23/h5-18,26H,3-4,19-21H2,1-2H3. The fourth-order valence-electron chi connectivity index (χ4n) is 4.48. The Morgan fingerprint density at radius 2 is 1.56 bits per heavy atom. The third-order valence-electron chi connectivity index (χ3n) is 6.13. The lowest BCUT2D eigenvalue weighted by atomic mass is 10.1. The normalized spacial score (nSPS) is 11.9. The molecule has 1 unspecified atom stereocenters. The summed E-state index contributed by atoms with van der Waals surface area (Å²) < 4.78 is 1.68. The molecule has 0 aliphatic rings. The second-order valence-electron chi connectivity index (χ2n) is 8.46. The maximum absolute atomic E-state index is 13.7. The van der Waals surface area contributed by atoms with E-state index in [1.165, 1.54) is 0 Å². The second kappa shape index (κ2) is 10.9. The molecule has 1 atom stereocenters. The Morgan fingerprint density at radius 1 is 0.912 bits per heavy atom. The zero-order chi connectivity index (χ0) is 23.9. The summed E-state index contributed by atoms with van der Waals surface area (Å²) in [6, 6.07) is 26.8. The van der Waals surface area contributed by atoms with Crippen LogP contribution in [0, 0.1) is 0 Å². The molecule has 0 saturated carbocycles. The summed E-state index contributed by atoms with van der Waals surface area (Å²) in [5.74, 6) is 0.693. The number of nitrogens with zero attached hydrogens (tertiary/aromatic N) is 3. The molecular formula is C29H31N3O2. The first-order chi connectivity index (χ1) is 16.6. The molecule has 0 bridgehead atoms. The van der Waals surface area contributed by atoms with Crippen molar-refractivity contribution in [3.8, 4) is 5.69 Å². The van der Waals surface area contributed by atoms with Crippen molar-refractivity contribution in [3.63, 3.8) is 0 Å². The summed E-state index contributed by atoms with van der Waals surface area (Å²) in [4.78, 5) is 34.0. The van der Waals surface area contributed by atoms with Crippen molar-refractivity contribution in [2.75, 3.05) is 6.54 Å². The highest BCUT2D eigenvalue weighted by molar-refractivity contribution is 5.79. The summed E-state index contributed by atoms with van der Waals surface area (Å²) in [5.41, 5.74) is 2.44. The molecule has 1 aromatic heterocycles. The van der Waals surface area contributed by atoms with Crippen LogP contribution < -0.4 is 5.56 Å². The number of carbonyl (C=O) groups is 1. The largest absolute Gasteiger partial charge is 0.333 e. The van der Waals surface area contributed by atoms with E-state index >= 15 is 0 Å². The van der Waals surface area contributed by atoms with Gasteiger partial charge in [0.2, 0.25) is 5.91 Å². The van der Waals surface area contributed by atoms with E-state index < -0.39 is 0 Å². The zero-order valence-electron chi connectivity index (χ0n) is 19.9. The molecule has 0 saturated heterocycles. The quantitative estimate of drug-likeness (QED) is 0.326. The van der Waals surface area contributed by atoms with Gasteiger partial charge in [-0.3, -0.25) is 14.2 Å². The van der Waals surface area contributed by atoms with Gasteiger partial charge in [-0.2, -0.15) is 0 Å². The highest BCUT2D eigenvalue weighted by Crippen LogP contribution is 2.27. The first-order valence-electron chi connectivity index (χ1n) is 12.0. The van der Waals surface area contributed by atoms with Gasteiger partial charge in [-0.15, -0.1) is 0 Å². The van der Waals surface area contributed by atoms with Gasteiger partial charge in [0.25, 0.3) is 5.56 Å². The number of hydrogen-bond donors (Lipinski definition) is 0. The number of aryl methyl sites for hydroxylation is 1. The van der Waals surface area contributed by atoms with Gasteiger partial charge in [0.15, 0.2) is 0 Å². The molecule has 0 fully saturated rings. The van der Waals surface area contributed by atoms with Crippen LogP contribution in [0.2, 0.25) is 0 Å². The van der Waals surface area contributed by atoms with Crippen molar-refractivity contribution in [2.24, 2.45) is 0 Å². The third-order valence-corrected chi connectivity index (χ3v) is 6.13. The van der Waals surface area contributed by atoms with Crippen molar-refractivity contribution >= 4 is 16.8 Å². The van der Waals surface area contributed by atoms with Crippen LogP contribution in [0.25, 0.3) is 16.6 Å². The highest BCUT2D eigenvalue weighted by atomic mass is 16.2. The van der Waals surface area contributed by atoms with Crippen molar-refractivity contribution < 1.29 is 4.79 Å². The van der Waals surface area contributed by atoms with E-state index in [0.717, 1.165) is 17.7 Å². The van der Waals surface area contributed by atoms with Gasteiger partial charge in [-0.05, 0) is 49.1 Å². The Labute approximate surface area is 200 Å². The van der Waals surface area contributed by atoms with Gasteiger partial charge >= 0.3 is 0 Å². The lowest BCUT2D eigenvalue weighted by Gasteiger charge is -2.32. The van der Waals surface area contributed by atoms with Gasteiger partial charge < -0.3 is 4.90 Å². The Bertz CT molecular complexity index is 1300. The molecule has 4 aromatic rings. The molecule has 4 rings (SSSR count). The van der Waals surface area contributed by atoms with Crippen molar-refractivity contribution in [1.29, 1.82) is 0 Å². The molecule has 0 aliphatic carbocycles. The van der Waals surface area contributed by atoms with Crippen LogP contribution in [0.1, 0.15) is 50.5 Å². The number of para-hydroxylation sites is 2. The predicted molar refractivity (Wildman–Crippen MR) is 137 cm³/mol. The SMILES string of the molecule is CCCN(C(=O)CCc1ccccc1)C(CC)c1nc2ccccc2c(=O)n1-c1ccccc1. The fourth-order valence-corrected chi connectivity index (χ4v) is 4.48. The molecule has 0 radical (unpaired) electrons. The van der Waals surface area contributed by atoms with Crippen LogP contribution >= 0.6 is 0 Å². The Balaban J connectivity index is 1.79. The van der Waals surface area contributed by atoms with E-state index in [1.807, 2.05) is 89.8 Å². The molecule has 1 amide bonds. The minimum atomic E-state index is -0.305. The number of amides is 1. The molecule has 1 heterocycles. The molecule has 0 aliphatic heterocycles. The summed E-state index contributed by atoms with van der Waals surface area (Å²) in [7, 11) is 0. The van der Waals surface area contributed by atoms with E-state index in [1.54, 1.807) is 4.57 Å². The van der Waals surface area contributed by atoms with Crippen LogP contribution in [-0.4, -0.2) is 26.9 Å². The Morgan fingerprint density at radius 3 is 2.24 bits per heavy atom. The average Bonchev–Trinajstić information content (AvgIpc) is 2.88. The first kappa shape index (κ1) is 23.4. The van der Waals surface area contributed by atoms with Crippen molar-refractivity contribution in [1.82, 2.24) is 14.5 Å². The first-order valence-corrected chi connectivity index (χ1v) is 12.0. The molecule has 0 spiro atoms. The van der Waals surface area contributed by atoms with Gasteiger partial charge in [0.05, 0.1) is 22.6 Å². The molecular weight excluding hydrogens is 422 g/mol. The Kier molecular flexibility index (Phi) is 7.53. The highest BCUT2D eigenvalue weighted by Gasteiger charge is 2.28. The molecule has 174 valence electrons. The van der Waals surface area contributed by atoms with E-state index in [-0.39, 0.29) is 17.5 Å². The van der Waals surface area contributed by atoms with Gasteiger partial charge in [-0.25, -0.2) is 4.98 Å². The topological polar surface area (TPSA) is 55.2 Å². The fraction of sp³-hybridized carbons (Fsp3) is 0.276. The summed E-state index contributed by atoms with van der Waals surface area (Å²) in [5, 5.41) is 0.572. The molecule has 5 nitrogen and oxygen atoms in total. The minimum Gasteiger partial charge on any atom is -0.333 e. The Hall–Kier alpha value is -3.73. The number of fused-ring (bicyclic) bond motifs is 1. The van der Waals surface area contributed by atoms with E-state index in [2.05, 4.69) is 13.8 Å². The van der Waals surface area contributed by atoms with Crippen LogP contribution in [-0.2, 0) is 11.2 Å². The van der Waals surface area contributed by atoms with Gasteiger partial charge in [-0.1, -0.05) is 74.5 Å². The van der Waals surface area contributed by atoms with E-state index in [9.17, 15) is 9.59 Å². The summed E-state index contributed by atoms with van der Waals surface area (Å²) >= 11 is 0. The molecule has 3 aromatic carbocycles. The van der Waals surface area contributed by atoms with Crippen molar-refractivity contribution in [3.05, 3.63) is 107 Å². The van der Waals surface area contributed by atoms with Crippen LogP contribution in [0.4, 0.5) is 0 Å². The maximum Gasteiger partial charge on any atom is 0.266 e. The monoisotopic (exact) mass is 453 g/mol. The number of hydrogen-bond acceptors (Lipinski definition) is 3. The van der Waals surface area contributed by atoms with Crippen LogP contribution in [0.3, 0.4) is 0 Å². The smallest absolute Gasteiger partial charge is 0.266 e. The van der Waals surface area contributed by atoms with Crippen LogP contribution in [0.15, 0.2) is 89.7 Å². The maximum atomic E-state index is 13.7. The minimum absolute atomic E-state index is 0.0829. The predicted octanol–water partition coefficient (Wildman–Crippen LogP) is 5.71. The van der Waals surface area contributed by atoms with E-state index in [0.29, 0.717) is 42.5 Å². The molecule has 0 N–H and O–H groups in total. The lowest BCUT2D eigenvalue weighted by molar-refractivity contribution is -0.134. The number of aromatic nitrogens is 2. The summed E-state index contributed by atoms with van der Waals surface area (Å²) in [6.45, 7) is 4.74. The molecule has 34 heavy (non-hydrogen) atoms. The average molecular weight is 454 g/mol. The second-order valence-corrected chi connectivity index (χ2v) is 8.46. The van der Waals surface area contributed by atoms with E-state index in [4.69, 9.17) is 4.98 Å². The molecule has 5 heteroatoms. The lowest BCUT2D eigenvalue weighted by Crippen LogP contribution is -2.39. The van der Waals surface area contributed by atoms with Crippen LogP contribution in [0.5, 0.6) is 0 Å². The summed E-state index contributed by atoms with van der Waals surface area (Å²) in [6.07, 6.45) is 2.60. The zero-order valence-corrected chi connectivity index (χ0v) is 19.9. The number of benzene rings is 3. The van der Waals surface area contributed by atoms with Gasteiger partial charge in [0, 0.05) is 13.0 Å². The number of carbonyl (C=O) groups excluding carboxylic acids is 1.